The zero-order chi connectivity index (χ0) is 22.8. The van der Waals surface area contributed by atoms with Crippen LogP contribution in [-0.4, -0.2) is 34.6 Å². The van der Waals surface area contributed by atoms with Crippen molar-refractivity contribution in [3.8, 4) is 0 Å². The Morgan fingerprint density at radius 3 is 2.39 bits per heavy atom. The summed E-state index contributed by atoms with van der Waals surface area (Å²) >= 11 is 13.9. The summed E-state index contributed by atoms with van der Waals surface area (Å²) in [6.45, 7) is 6.15. The Hall–Kier alpha value is -1.69. The monoisotopic (exact) mass is 480 g/mol. The van der Waals surface area contributed by atoms with E-state index in [-0.39, 0.29) is 30.2 Å². The van der Waals surface area contributed by atoms with Gasteiger partial charge in [-0.15, -0.1) is 11.8 Å². The van der Waals surface area contributed by atoms with Gasteiger partial charge in [0.1, 0.15) is 6.04 Å². The Balaban J connectivity index is 2.18. The predicted octanol–water partition coefficient (Wildman–Crippen LogP) is 5.95. The number of hydrogen-bond donors (Lipinski definition) is 1. The van der Waals surface area contributed by atoms with Crippen molar-refractivity contribution in [2.24, 2.45) is 0 Å². The molecule has 0 saturated carbocycles. The maximum Gasteiger partial charge on any atom is 0.243 e. The van der Waals surface area contributed by atoms with E-state index in [4.69, 9.17) is 23.2 Å². The highest BCUT2D eigenvalue weighted by Crippen LogP contribution is 2.24. The molecule has 7 heteroatoms. The average Bonchev–Trinajstić information content (AvgIpc) is 2.75. The van der Waals surface area contributed by atoms with Crippen LogP contribution >= 0.6 is 35.0 Å². The summed E-state index contributed by atoms with van der Waals surface area (Å²) in [5.41, 5.74) is 1.93. The van der Waals surface area contributed by atoms with Crippen molar-refractivity contribution in [3.05, 3.63) is 69.7 Å². The standard InChI is InChI=1S/C24H30Cl2N2O2S/c1-4-17(3)27-24(30)22(5-2)28(14-19-11-12-20(25)13-21(19)26)23(29)16-31-15-18-9-7-6-8-10-18/h6-13,17,22H,4-5,14-16H2,1-3H3,(H,27,30)/t17-,22-/m1/s1. The van der Waals surface area contributed by atoms with Gasteiger partial charge in [-0.05, 0) is 43.0 Å². The van der Waals surface area contributed by atoms with Crippen LogP contribution in [0.5, 0.6) is 0 Å². The Bertz CT molecular complexity index is 864. The lowest BCUT2D eigenvalue weighted by molar-refractivity contribution is -0.139. The van der Waals surface area contributed by atoms with Crippen LogP contribution < -0.4 is 5.32 Å². The van der Waals surface area contributed by atoms with Crippen molar-refractivity contribution in [1.29, 1.82) is 0 Å². The van der Waals surface area contributed by atoms with Crippen LogP contribution in [0.4, 0.5) is 0 Å². The Morgan fingerprint density at radius 2 is 1.77 bits per heavy atom. The number of hydrogen-bond acceptors (Lipinski definition) is 3. The number of carbonyl (C=O) groups is 2. The van der Waals surface area contributed by atoms with Gasteiger partial charge < -0.3 is 10.2 Å². The van der Waals surface area contributed by atoms with Crippen molar-refractivity contribution < 1.29 is 9.59 Å². The average molecular weight is 481 g/mol. The Morgan fingerprint density at radius 1 is 1.06 bits per heavy atom. The second-order valence-corrected chi connectivity index (χ2v) is 9.31. The van der Waals surface area contributed by atoms with Crippen LogP contribution in [0.3, 0.4) is 0 Å². The van der Waals surface area contributed by atoms with Gasteiger partial charge in [0.25, 0.3) is 0 Å². The van der Waals surface area contributed by atoms with Crippen LogP contribution in [0.1, 0.15) is 44.7 Å². The highest BCUT2D eigenvalue weighted by Gasteiger charge is 2.29. The first-order chi connectivity index (χ1) is 14.8. The van der Waals surface area contributed by atoms with Crippen molar-refractivity contribution in [1.82, 2.24) is 10.2 Å². The number of rotatable bonds is 11. The molecule has 31 heavy (non-hydrogen) atoms. The van der Waals surface area contributed by atoms with Gasteiger partial charge in [0.2, 0.25) is 11.8 Å². The molecule has 0 aliphatic rings. The first-order valence-corrected chi connectivity index (χ1v) is 12.4. The fraction of sp³-hybridized carbons (Fsp3) is 0.417. The molecule has 0 radical (unpaired) electrons. The van der Waals surface area contributed by atoms with Crippen molar-refractivity contribution in [2.45, 2.75) is 58.0 Å². The molecule has 2 atom stereocenters. The van der Waals surface area contributed by atoms with Gasteiger partial charge in [-0.1, -0.05) is 73.4 Å². The van der Waals surface area contributed by atoms with Crippen LogP contribution in [0.15, 0.2) is 48.5 Å². The van der Waals surface area contributed by atoms with E-state index in [0.717, 1.165) is 23.3 Å². The molecule has 0 spiro atoms. The molecule has 168 valence electrons. The highest BCUT2D eigenvalue weighted by molar-refractivity contribution is 7.99. The number of thioether (sulfide) groups is 1. The van der Waals surface area contributed by atoms with Crippen molar-refractivity contribution in [2.75, 3.05) is 5.75 Å². The summed E-state index contributed by atoms with van der Waals surface area (Å²) < 4.78 is 0. The number of carbonyl (C=O) groups excluding carboxylic acids is 2. The second kappa shape index (κ2) is 13.0. The molecule has 0 bridgehead atoms. The maximum absolute atomic E-state index is 13.2. The van der Waals surface area contributed by atoms with E-state index in [1.54, 1.807) is 34.9 Å². The quantitative estimate of drug-likeness (QED) is 0.432. The zero-order valence-electron chi connectivity index (χ0n) is 18.2. The molecule has 0 heterocycles. The number of halogens is 2. The number of nitrogens with zero attached hydrogens (tertiary/aromatic N) is 1. The molecule has 2 aromatic carbocycles. The number of benzene rings is 2. The van der Waals surface area contributed by atoms with E-state index in [1.165, 1.54) is 0 Å². The number of amides is 2. The topological polar surface area (TPSA) is 49.4 Å². The van der Waals surface area contributed by atoms with Gasteiger partial charge in [0.05, 0.1) is 5.75 Å². The van der Waals surface area contributed by atoms with E-state index < -0.39 is 6.04 Å². The lowest BCUT2D eigenvalue weighted by atomic mass is 10.1. The highest BCUT2D eigenvalue weighted by atomic mass is 35.5. The normalized spacial score (nSPS) is 12.8. The van der Waals surface area contributed by atoms with Gasteiger partial charge in [0, 0.05) is 28.4 Å². The van der Waals surface area contributed by atoms with Crippen molar-refractivity contribution >= 4 is 46.8 Å². The van der Waals surface area contributed by atoms with E-state index in [1.807, 2.05) is 51.1 Å². The van der Waals surface area contributed by atoms with Crippen molar-refractivity contribution in [3.63, 3.8) is 0 Å². The SMILES string of the molecule is CC[C@@H](C)NC(=O)[C@@H](CC)N(Cc1ccc(Cl)cc1Cl)C(=O)CSCc1ccccc1. The van der Waals surface area contributed by atoms with E-state index in [0.29, 0.717) is 16.5 Å². The van der Waals surface area contributed by atoms with Crippen LogP contribution in [0, 0.1) is 0 Å². The van der Waals surface area contributed by atoms with Crippen LogP contribution in [-0.2, 0) is 21.9 Å². The van der Waals surface area contributed by atoms with E-state index in [2.05, 4.69) is 5.32 Å². The minimum Gasteiger partial charge on any atom is -0.352 e. The minimum absolute atomic E-state index is 0.0464. The summed E-state index contributed by atoms with van der Waals surface area (Å²) in [6, 6.07) is 14.7. The third-order valence-corrected chi connectivity index (χ3v) is 6.66. The molecule has 4 nitrogen and oxygen atoms in total. The molecule has 1 N–H and O–H groups in total. The molecule has 0 unspecified atom stereocenters. The second-order valence-electron chi connectivity index (χ2n) is 7.48. The zero-order valence-corrected chi connectivity index (χ0v) is 20.6. The van der Waals surface area contributed by atoms with Gasteiger partial charge in [-0.3, -0.25) is 9.59 Å². The largest absolute Gasteiger partial charge is 0.352 e. The molecular weight excluding hydrogens is 451 g/mol. The molecule has 2 aromatic rings. The fourth-order valence-electron chi connectivity index (χ4n) is 3.11. The van der Waals surface area contributed by atoms with Gasteiger partial charge in [-0.2, -0.15) is 0 Å². The molecule has 0 fully saturated rings. The third kappa shape index (κ3) is 8.06. The lowest BCUT2D eigenvalue weighted by Gasteiger charge is -2.31. The Kier molecular flexibility index (Phi) is 10.7. The first-order valence-electron chi connectivity index (χ1n) is 10.5. The first kappa shape index (κ1) is 25.6. The molecule has 2 amide bonds. The Labute approximate surface area is 199 Å². The molecule has 0 aliphatic heterocycles. The fourth-order valence-corrected chi connectivity index (χ4v) is 4.45. The molecule has 0 aliphatic carbocycles. The lowest BCUT2D eigenvalue weighted by Crippen LogP contribution is -2.51. The molecular formula is C24H30Cl2N2O2S. The molecule has 0 aromatic heterocycles. The summed E-state index contributed by atoms with van der Waals surface area (Å²) in [4.78, 5) is 27.8. The molecule has 2 rings (SSSR count). The summed E-state index contributed by atoms with van der Waals surface area (Å²) in [6.07, 6.45) is 1.34. The smallest absolute Gasteiger partial charge is 0.243 e. The van der Waals surface area contributed by atoms with Crippen LogP contribution in [0.2, 0.25) is 10.0 Å². The van der Waals surface area contributed by atoms with E-state index in [9.17, 15) is 9.59 Å². The summed E-state index contributed by atoms with van der Waals surface area (Å²) in [5, 5.41) is 4.03. The molecule has 0 saturated heterocycles. The third-order valence-electron chi connectivity index (χ3n) is 5.08. The van der Waals surface area contributed by atoms with Crippen LogP contribution in [0.25, 0.3) is 0 Å². The minimum atomic E-state index is -0.564. The van der Waals surface area contributed by atoms with Gasteiger partial charge >= 0.3 is 0 Å². The number of nitrogens with one attached hydrogen (secondary N) is 1. The van der Waals surface area contributed by atoms with Gasteiger partial charge in [-0.25, -0.2) is 0 Å². The summed E-state index contributed by atoms with van der Waals surface area (Å²) in [7, 11) is 0. The predicted molar refractivity (Wildman–Crippen MR) is 132 cm³/mol. The van der Waals surface area contributed by atoms with E-state index >= 15 is 0 Å². The van der Waals surface area contributed by atoms with Gasteiger partial charge in [0.15, 0.2) is 0 Å². The summed E-state index contributed by atoms with van der Waals surface area (Å²) in [5.74, 6) is 0.798. The maximum atomic E-state index is 13.2.